The molecule has 6 heteroatoms. The fourth-order valence-electron chi connectivity index (χ4n) is 10.6. The van der Waals surface area contributed by atoms with Crippen molar-refractivity contribution >= 4 is 11.6 Å². The maximum Gasteiger partial charge on any atom is 0.226 e. The third-order valence-electron chi connectivity index (χ3n) is 13.2. The van der Waals surface area contributed by atoms with Gasteiger partial charge >= 0.3 is 0 Å². The van der Waals surface area contributed by atoms with E-state index in [4.69, 9.17) is 11.0 Å². The monoisotopic (exact) mass is 557 g/mol. The predicted molar refractivity (Wildman–Crippen MR) is 158 cm³/mol. The van der Waals surface area contributed by atoms with Gasteiger partial charge in [-0.2, -0.15) is 0 Å². The number of aromatic nitrogens is 2. The van der Waals surface area contributed by atoms with E-state index in [1.807, 2.05) is 26.0 Å². The van der Waals surface area contributed by atoms with Crippen LogP contribution >= 0.6 is 0 Å². The molecule has 0 saturated heterocycles. The molecule has 0 aromatic carbocycles. The molecule has 3 saturated carbocycles. The van der Waals surface area contributed by atoms with Gasteiger partial charge in [0.1, 0.15) is 0 Å². The van der Waals surface area contributed by atoms with Crippen molar-refractivity contribution in [2.24, 2.45) is 44.8 Å². The number of hydrogen-bond acceptors (Lipinski definition) is 5. The maximum absolute atomic E-state index is 14.7. The van der Waals surface area contributed by atoms with E-state index < -0.39 is 10.8 Å². The number of ketones is 2. The summed E-state index contributed by atoms with van der Waals surface area (Å²) in [6.45, 7) is 27.6. The summed E-state index contributed by atoms with van der Waals surface area (Å²) in [5.74, 6) is 1.78. The molecule has 0 N–H and O–H groups in total. The zero-order chi connectivity index (χ0) is 30.0. The number of carbonyl (C=O) groups is 2. The molecule has 3 fully saturated rings. The van der Waals surface area contributed by atoms with Gasteiger partial charge in [-0.15, -0.1) is 10.2 Å². The predicted octanol–water partition coefficient (Wildman–Crippen LogP) is 8.02. The van der Waals surface area contributed by atoms with E-state index in [1.165, 1.54) is 0 Å². The number of Topliss-reactive ketones (excluding diaryl/α,β-unsaturated/α-hetero) is 1. The first-order chi connectivity index (χ1) is 19.0. The van der Waals surface area contributed by atoms with Gasteiger partial charge in [0, 0.05) is 22.7 Å². The summed E-state index contributed by atoms with van der Waals surface area (Å²) in [5.41, 5.74) is -0.398. The van der Waals surface area contributed by atoms with Gasteiger partial charge in [0.05, 0.1) is 12.0 Å². The van der Waals surface area contributed by atoms with Crippen LogP contribution < -0.4 is 0 Å². The Bertz CT molecular complexity index is 1440. The first-order valence-corrected chi connectivity index (χ1v) is 15.7. The smallest absolute Gasteiger partial charge is 0.226 e. The molecule has 6 rings (SSSR count). The molecular formula is C35H47N3O3. The van der Waals surface area contributed by atoms with Crippen molar-refractivity contribution in [3.8, 4) is 0 Å². The summed E-state index contributed by atoms with van der Waals surface area (Å²) in [4.78, 5) is 31.7. The zero-order valence-corrected chi connectivity index (χ0v) is 26.5. The quantitative estimate of drug-likeness (QED) is 0.344. The Morgan fingerprint density at radius 1 is 0.976 bits per heavy atom. The molecule has 0 bridgehead atoms. The molecule has 5 aliphatic carbocycles. The van der Waals surface area contributed by atoms with E-state index in [2.05, 4.69) is 63.5 Å². The molecule has 41 heavy (non-hydrogen) atoms. The molecular weight excluding hydrogens is 510 g/mol. The number of fused-ring (bicyclic) bond motifs is 7. The van der Waals surface area contributed by atoms with Crippen LogP contribution in [0.15, 0.2) is 27.8 Å². The molecule has 2 unspecified atom stereocenters. The zero-order valence-electron chi connectivity index (χ0n) is 26.5. The van der Waals surface area contributed by atoms with Crippen LogP contribution in [0.3, 0.4) is 0 Å². The Labute approximate surface area is 245 Å². The topological polar surface area (TPSA) is 77.4 Å². The van der Waals surface area contributed by atoms with E-state index in [9.17, 15) is 9.59 Å². The van der Waals surface area contributed by atoms with Gasteiger partial charge in [-0.1, -0.05) is 74.0 Å². The van der Waals surface area contributed by atoms with Gasteiger partial charge in [0.25, 0.3) is 0 Å². The van der Waals surface area contributed by atoms with Crippen LogP contribution in [0, 0.1) is 51.4 Å². The van der Waals surface area contributed by atoms with Crippen molar-refractivity contribution in [1.82, 2.24) is 10.2 Å². The molecule has 1 heterocycles. The summed E-state index contributed by atoms with van der Waals surface area (Å²) in [6.07, 6.45) is 10.6. The molecule has 0 spiro atoms. The van der Waals surface area contributed by atoms with Gasteiger partial charge in [-0.25, -0.2) is 4.85 Å². The summed E-state index contributed by atoms with van der Waals surface area (Å²) >= 11 is 0. The highest BCUT2D eigenvalue weighted by Gasteiger charge is 2.70. The van der Waals surface area contributed by atoms with Crippen LogP contribution in [0.4, 0.5) is 0 Å². The first-order valence-electron chi connectivity index (χ1n) is 15.7. The largest absolute Gasteiger partial charge is 0.424 e. The summed E-state index contributed by atoms with van der Waals surface area (Å²) in [7, 11) is 0. The van der Waals surface area contributed by atoms with Gasteiger partial charge in [0.2, 0.25) is 17.5 Å². The highest BCUT2D eigenvalue weighted by atomic mass is 16.4. The average Bonchev–Trinajstić information content (AvgIpc) is 3.39. The number of nitrogens with zero attached hydrogens (tertiary/aromatic N) is 3. The maximum atomic E-state index is 14.7. The lowest BCUT2D eigenvalue weighted by Gasteiger charge is -2.69. The highest BCUT2D eigenvalue weighted by molar-refractivity contribution is 6.03. The second kappa shape index (κ2) is 8.51. The number of carbonyl (C=O) groups excluding carboxylic acids is 2. The van der Waals surface area contributed by atoms with E-state index in [1.54, 1.807) is 0 Å². The Hall–Kier alpha value is -2.55. The van der Waals surface area contributed by atoms with Crippen molar-refractivity contribution in [3.63, 3.8) is 0 Å². The Kier molecular flexibility index (Phi) is 5.93. The number of allylic oxidation sites excluding steroid dienone is 4. The van der Waals surface area contributed by atoms with E-state index in [-0.39, 0.29) is 62.6 Å². The molecule has 0 amide bonds. The highest BCUT2D eigenvalue weighted by Crippen LogP contribution is 2.74. The third kappa shape index (κ3) is 3.53. The lowest BCUT2D eigenvalue weighted by molar-refractivity contribution is -0.161. The van der Waals surface area contributed by atoms with Crippen LogP contribution in [0.25, 0.3) is 4.85 Å². The third-order valence-corrected chi connectivity index (χ3v) is 13.2. The van der Waals surface area contributed by atoms with Crippen molar-refractivity contribution in [3.05, 3.63) is 46.6 Å². The Morgan fingerprint density at radius 3 is 2.29 bits per heavy atom. The molecule has 220 valence electrons. The van der Waals surface area contributed by atoms with Crippen molar-refractivity contribution in [2.45, 2.75) is 119 Å². The summed E-state index contributed by atoms with van der Waals surface area (Å²) in [5, 5.41) is 9.11. The Morgan fingerprint density at radius 2 is 1.66 bits per heavy atom. The second-order valence-electron chi connectivity index (χ2n) is 16.5. The Balaban J connectivity index is 1.52. The minimum absolute atomic E-state index is 0.0578. The van der Waals surface area contributed by atoms with Gasteiger partial charge in [-0.05, 0) is 79.1 Å². The standard InChI is InChI=1S/C35H47N3O3/c1-20(2)28-37-38-29(41-28)35-15-13-30(3,4)18-21(35)26-23(39)17-25-32(7)19-22(36-10)27(40)31(5,6)24(32)11-12-33(25,8)34(26,9)14-16-35/h17,19-21,24,26H,11-16,18H2,1-9H3/t21?,24-,26?,32-,33+,34+,35-/m0/s1. The van der Waals surface area contributed by atoms with Crippen LogP contribution in [-0.2, 0) is 15.0 Å². The second-order valence-corrected chi connectivity index (χ2v) is 16.5. The lowest BCUT2D eigenvalue weighted by atomic mass is 9.34. The van der Waals surface area contributed by atoms with Gasteiger partial charge < -0.3 is 9.21 Å². The normalized spacial score (nSPS) is 42.7. The fraction of sp³-hybridized carbons (Fsp3) is 0.743. The van der Waals surface area contributed by atoms with Gasteiger partial charge in [0.15, 0.2) is 11.6 Å². The summed E-state index contributed by atoms with van der Waals surface area (Å²) in [6, 6.07) is 0. The SMILES string of the molecule is [C-]#[N+]C1=C[C@]2(C)C3=CC(=O)C4C5CC(C)(C)CC[C@]5(c5nnc(C(C)C)o5)CC[C@@]4(C)[C@]3(C)CC[C@H]2C(C)(C)C1=O. The van der Waals surface area contributed by atoms with Crippen molar-refractivity contribution in [1.29, 1.82) is 0 Å². The molecule has 1 aromatic heterocycles. The molecule has 0 aliphatic heterocycles. The molecule has 6 nitrogen and oxygen atoms in total. The fourth-order valence-corrected chi connectivity index (χ4v) is 10.6. The first kappa shape index (κ1) is 28.6. The molecule has 1 aromatic rings. The van der Waals surface area contributed by atoms with Crippen molar-refractivity contribution < 1.29 is 14.0 Å². The molecule has 7 atom stereocenters. The van der Waals surface area contributed by atoms with Crippen LogP contribution in [-0.4, -0.2) is 21.8 Å². The van der Waals surface area contributed by atoms with Crippen LogP contribution in [0.1, 0.15) is 125 Å². The summed E-state index contributed by atoms with van der Waals surface area (Å²) < 4.78 is 6.42. The van der Waals surface area contributed by atoms with Gasteiger partial charge in [-0.3, -0.25) is 4.79 Å². The molecule has 0 radical (unpaired) electrons. The number of hydrogen-bond donors (Lipinski definition) is 0. The van der Waals surface area contributed by atoms with E-state index in [0.717, 1.165) is 56.4 Å². The lowest BCUT2D eigenvalue weighted by Crippen LogP contribution is -2.65. The molecule has 5 aliphatic rings. The van der Waals surface area contributed by atoms with E-state index >= 15 is 0 Å². The van der Waals surface area contributed by atoms with Crippen molar-refractivity contribution in [2.75, 3.05) is 0 Å². The number of rotatable bonds is 2. The van der Waals surface area contributed by atoms with E-state index in [0.29, 0.717) is 5.89 Å². The minimum atomic E-state index is -0.645. The van der Waals surface area contributed by atoms with Crippen LogP contribution in [0.5, 0.6) is 0 Å². The average molecular weight is 558 g/mol. The minimum Gasteiger partial charge on any atom is -0.424 e. The van der Waals surface area contributed by atoms with Crippen LogP contribution in [0.2, 0.25) is 0 Å².